The van der Waals surface area contributed by atoms with Gasteiger partial charge in [-0.15, -0.1) is 0 Å². The molecule has 0 spiro atoms. The molecule has 0 atom stereocenters. The Labute approximate surface area is 120 Å². The highest BCUT2D eigenvalue weighted by molar-refractivity contribution is 9.10. The number of sulfonamides is 1. The van der Waals surface area contributed by atoms with E-state index in [1.165, 1.54) is 12.6 Å². The van der Waals surface area contributed by atoms with Crippen LogP contribution in [0.1, 0.15) is 19.3 Å². The Morgan fingerprint density at radius 2 is 2.22 bits per heavy atom. The maximum atomic E-state index is 12.1. The van der Waals surface area contributed by atoms with Gasteiger partial charge >= 0.3 is 0 Å². The lowest BCUT2D eigenvalue weighted by molar-refractivity contribution is 0.362. The number of nitrogens with zero attached hydrogens (tertiary/aromatic N) is 1. The molecule has 1 heterocycles. The van der Waals surface area contributed by atoms with E-state index in [1.807, 2.05) is 6.26 Å². The average molecular weight is 351 g/mol. The first kappa shape index (κ1) is 14.3. The van der Waals surface area contributed by atoms with Gasteiger partial charge in [0.05, 0.1) is 0 Å². The third-order valence-electron chi connectivity index (χ3n) is 3.27. The third-order valence-corrected chi connectivity index (χ3v) is 6.49. The van der Waals surface area contributed by atoms with Gasteiger partial charge in [-0.1, -0.05) is 6.42 Å². The van der Waals surface area contributed by atoms with Gasteiger partial charge in [-0.05, 0) is 41.1 Å². The van der Waals surface area contributed by atoms with E-state index in [4.69, 9.17) is 0 Å². The van der Waals surface area contributed by atoms with Crippen LogP contribution < -0.4 is 4.72 Å². The number of halogens is 1. The summed E-state index contributed by atoms with van der Waals surface area (Å²) in [5.74, 6) is 0. The molecule has 1 aromatic rings. The first-order chi connectivity index (χ1) is 8.47. The van der Waals surface area contributed by atoms with E-state index >= 15 is 0 Å². The minimum Gasteiger partial charge on any atom is -0.262 e. The van der Waals surface area contributed by atoms with Gasteiger partial charge < -0.3 is 0 Å². The predicted molar refractivity (Wildman–Crippen MR) is 77.2 cm³/mol. The molecule has 1 saturated carbocycles. The zero-order chi connectivity index (χ0) is 13.2. The summed E-state index contributed by atoms with van der Waals surface area (Å²) in [6.07, 6.45) is 8.30. The largest absolute Gasteiger partial charge is 0.262 e. The maximum Gasteiger partial charge on any atom is 0.242 e. The number of hydrogen-bond donors (Lipinski definition) is 1. The fraction of sp³-hybridized carbons (Fsp3) is 0.545. The molecule has 0 aliphatic heterocycles. The predicted octanol–water partition coefficient (Wildman–Crippen LogP) is 2.41. The van der Waals surface area contributed by atoms with Crippen molar-refractivity contribution in [3.63, 3.8) is 0 Å². The summed E-state index contributed by atoms with van der Waals surface area (Å²) in [7, 11) is -3.46. The third kappa shape index (κ3) is 3.07. The van der Waals surface area contributed by atoms with Crippen molar-refractivity contribution in [3.05, 3.63) is 22.9 Å². The molecule has 1 aliphatic carbocycles. The summed E-state index contributed by atoms with van der Waals surface area (Å²) >= 11 is 4.97. The van der Waals surface area contributed by atoms with Crippen molar-refractivity contribution < 1.29 is 8.42 Å². The van der Waals surface area contributed by atoms with Gasteiger partial charge in [0.25, 0.3) is 0 Å². The van der Waals surface area contributed by atoms with E-state index < -0.39 is 10.0 Å². The minimum absolute atomic E-state index is 0.0898. The highest BCUT2D eigenvalue weighted by Gasteiger charge is 2.37. The first-order valence-corrected chi connectivity index (χ1v) is 9.13. The first-order valence-electron chi connectivity index (χ1n) is 5.63. The van der Waals surface area contributed by atoms with Gasteiger partial charge in [-0.2, -0.15) is 11.8 Å². The van der Waals surface area contributed by atoms with Crippen LogP contribution >= 0.6 is 27.7 Å². The lowest BCUT2D eigenvalue weighted by atomic mass is 9.84. The normalized spacial score (nSPS) is 18.3. The molecular weight excluding hydrogens is 336 g/mol. The topological polar surface area (TPSA) is 59.1 Å². The number of rotatable bonds is 5. The van der Waals surface area contributed by atoms with Gasteiger partial charge in [0.1, 0.15) is 4.90 Å². The average Bonchev–Trinajstić information content (AvgIpc) is 2.28. The van der Waals surface area contributed by atoms with Crippen molar-refractivity contribution in [3.8, 4) is 0 Å². The smallest absolute Gasteiger partial charge is 0.242 e. The van der Waals surface area contributed by atoms with Crippen LogP contribution in [-0.2, 0) is 10.0 Å². The van der Waals surface area contributed by atoms with E-state index in [-0.39, 0.29) is 9.64 Å². The van der Waals surface area contributed by atoms with E-state index in [0.717, 1.165) is 12.8 Å². The quantitative estimate of drug-likeness (QED) is 0.885. The Bertz CT molecular complexity index is 524. The lowest BCUT2D eigenvalue weighted by Gasteiger charge is -2.40. The molecule has 0 saturated heterocycles. The number of thioether (sulfide) groups is 1. The van der Waals surface area contributed by atoms with Crippen LogP contribution in [0.3, 0.4) is 0 Å². The zero-order valence-electron chi connectivity index (χ0n) is 10.0. The molecular formula is C11H15BrN2O2S2. The summed E-state index contributed by atoms with van der Waals surface area (Å²) in [4.78, 5) is 4.08. The van der Waals surface area contributed by atoms with Crippen LogP contribution in [0.5, 0.6) is 0 Å². The van der Waals surface area contributed by atoms with Crippen molar-refractivity contribution in [2.24, 2.45) is 0 Å². The summed E-state index contributed by atoms with van der Waals surface area (Å²) in [5.41, 5.74) is 0. The molecule has 100 valence electrons. The Morgan fingerprint density at radius 3 is 2.72 bits per heavy atom. The van der Waals surface area contributed by atoms with Crippen LogP contribution in [0.25, 0.3) is 0 Å². The Hall–Kier alpha value is -0.110. The van der Waals surface area contributed by atoms with Gasteiger partial charge in [0, 0.05) is 28.2 Å². The van der Waals surface area contributed by atoms with Crippen LogP contribution in [0.15, 0.2) is 27.8 Å². The number of aromatic nitrogens is 1. The Balaban J connectivity index is 2.08. The molecule has 0 aromatic carbocycles. The van der Waals surface area contributed by atoms with Crippen molar-refractivity contribution in [1.82, 2.24) is 9.71 Å². The maximum absolute atomic E-state index is 12.1. The van der Waals surface area contributed by atoms with Crippen LogP contribution in [0, 0.1) is 0 Å². The minimum atomic E-state index is -3.46. The lowest BCUT2D eigenvalue weighted by Crippen LogP contribution is -2.45. The van der Waals surface area contributed by atoms with Gasteiger partial charge in [-0.25, -0.2) is 13.1 Å². The van der Waals surface area contributed by atoms with Crippen molar-refractivity contribution in [2.75, 3.05) is 12.8 Å². The number of nitrogens with one attached hydrogen (secondary N) is 1. The van der Waals surface area contributed by atoms with Gasteiger partial charge in [-0.3, -0.25) is 4.98 Å². The highest BCUT2D eigenvalue weighted by Crippen LogP contribution is 2.42. The van der Waals surface area contributed by atoms with Crippen LogP contribution in [0.4, 0.5) is 0 Å². The van der Waals surface area contributed by atoms with Crippen LogP contribution in [0.2, 0.25) is 0 Å². The molecule has 1 N–H and O–H groups in total. The Morgan fingerprint density at radius 1 is 1.50 bits per heavy atom. The molecule has 18 heavy (non-hydrogen) atoms. The van der Waals surface area contributed by atoms with Gasteiger partial charge in [0.15, 0.2) is 0 Å². The van der Waals surface area contributed by atoms with Gasteiger partial charge in [0.2, 0.25) is 10.0 Å². The van der Waals surface area contributed by atoms with Crippen molar-refractivity contribution in [1.29, 1.82) is 0 Å². The highest BCUT2D eigenvalue weighted by atomic mass is 79.9. The van der Waals surface area contributed by atoms with E-state index in [1.54, 1.807) is 24.0 Å². The summed E-state index contributed by atoms with van der Waals surface area (Å²) in [6.45, 7) is 0.489. The fourth-order valence-corrected chi connectivity index (χ4v) is 4.51. The zero-order valence-corrected chi connectivity index (χ0v) is 13.2. The van der Waals surface area contributed by atoms with E-state index in [0.29, 0.717) is 11.0 Å². The monoisotopic (exact) mass is 350 g/mol. The van der Waals surface area contributed by atoms with E-state index in [9.17, 15) is 8.42 Å². The molecule has 0 radical (unpaired) electrons. The molecule has 4 nitrogen and oxygen atoms in total. The molecule has 1 aliphatic rings. The molecule has 1 fully saturated rings. The second-order valence-corrected chi connectivity index (χ2v) is 8.36. The standard InChI is InChI=1S/C11H15BrN2O2S2/c1-17-11(3-2-4-11)8-14-18(15,16)10-5-9(12)6-13-7-10/h5-7,14H,2-4,8H2,1H3. The van der Waals surface area contributed by atoms with E-state index in [2.05, 4.69) is 25.6 Å². The summed E-state index contributed by atoms with van der Waals surface area (Å²) in [5, 5.41) is 0. The van der Waals surface area contributed by atoms with Crippen LogP contribution in [-0.4, -0.2) is 30.9 Å². The summed E-state index contributed by atoms with van der Waals surface area (Å²) in [6, 6.07) is 1.56. The Kier molecular flexibility index (Phi) is 4.36. The number of hydrogen-bond acceptors (Lipinski definition) is 4. The SMILES string of the molecule is CSC1(CNS(=O)(=O)c2cncc(Br)c2)CCC1. The molecule has 1 aromatic heterocycles. The fourth-order valence-electron chi connectivity index (χ4n) is 1.87. The second-order valence-electron chi connectivity index (χ2n) is 4.40. The molecule has 7 heteroatoms. The van der Waals surface area contributed by atoms with Crippen molar-refractivity contribution in [2.45, 2.75) is 28.9 Å². The molecule has 2 rings (SSSR count). The molecule has 0 unspecified atom stereocenters. The second kappa shape index (κ2) is 5.48. The summed E-state index contributed by atoms with van der Waals surface area (Å²) < 4.78 is 27.6. The molecule has 0 bridgehead atoms. The number of pyridine rings is 1. The molecule has 0 amide bonds. The van der Waals surface area contributed by atoms with Crippen molar-refractivity contribution >= 4 is 37.7 Å².